The average molecular weight is 125 g/mol. The fourth-order valence-corrected chi connectivity index (χ4v) is 0.437. The van der Waals surface area contributed by atoms with Crippen molar-refractivity contribution in [3.63, 3.8) is 0 Å². The summed E-state index contributed by atoms with van der Waals surface area (Å²) in [4.78, 5) is 10.6. The summed E-state index contributed by atoms with van der Waals surface area (Å²) in [5.41, 5.74) is 0.248. The van der Waals surface area contributed by atoms with Gasteiger partial charge in [0.05, 0.1) is 0 Å². The van der Waals surface area contributed by atoms with Crippen molar-refractivity contribution in [1.29, 1.82) is 0 Å². The Morgan fingerprint density at radius 3 is 3.11 bits per heavy atom. The van der Waals surface area contributed by atoms with Crippen LogP contribution in [0.2, 0.25) is 0 Å². The highest BCUT2D eigenvalue weighted by Crippen LogP contribution is 1.92. The maximum Gasteiger partial charge on any atom is 0.294 e. The van der Waals surface area contributed by atoms with Gasteiger partial charge in [0.25, 0.3) is 5.91 Å². The average Bonchev–Trinajstić information content (AvgIpc) is 2.37. The van der Waals surface area contributed by atoms with E-state index in [2.05, 4.69) is 15.0 Å². The Balaban J connectivity index is 2.77. The highest BCUT2D eigenvalue weighted by atomic mass is 16.5. The second-order valence-electron chi connectivity index (χ2n) is 1.41. The lowest BCUT2D eigenvalue weighted by Crippen LogP contribution is -2.10. The number of aromatic nitrogens is 1. The van der Waals surface area contributed by atoms with Crippen molar-refractivity contribution in [2.45, 2.75) is 0 Å². The van der Waals surface area contributed by atoms with E-state index in [1.807, 2.05) is 0 Å². The van der Waals surface area contributed by atoms with E-state index in [1.54, 1.807) is 0 Å². The highest BCUT2D eigenvalue weighted by molar-refractivity contribution is 5.91. The molecule has 0 N–H and O–H groups in total. The summed E-state index contributed by atoms with van der Waals surface area (Å²) < 4.78 is 4.41. The fraction of sp³-hybridized carbons (Fsp3) is 0.200. The minimum Gasteiger partial charge on any atom is -0.364 e. The highest BCUT2D eigenvalue weighted by Gasteiger charge is 2.05. The first-order chi connectivity index (χ1) is 4.34. The Kier molecular flexibility index (Phi) is 1.48. The van der Waals surface area contributed by atoms with E-state index in [0.29, 0.717) is 0 Å². The molecule has 0 aliphatic heterocycles. The van der Waals surface area contributed by atoms with Crippen LogP contribution in [0.5, 0.6) is 0 Å². The molecule has 4 nitrogen and oxygen atoms in total. The van der Waals surface area contributed by atoms with Crippen LogP contribution >= 0.6 is 0 Å². The van der Waals surface area contributed by atoms with E-state index in [1.165, 1.54) is 19.4 Å². The monoisotopic (exact) mass is 125 g/mol. The van der Waals surface area contributed by atoms with Gasteiger partial charge in [-0.15, -0.1) is 0 Å². The maximum atomic E-state index is 10.6. The molecule has 0 atom stereocenters. The number of hydrogen-bond donors (Lipinski definition) is 0. The minimum absolute atomic E-state index is 0.248. The summed E-state index contributed by atoms with van der Waals surface area (Å²) in [6.07, 6.45) is 1.33. The van der Waals surface area contributed by atoms with Crippen molar-refractivity contribution in [1.82, 2.24) is 10.5 Å². The Labute approximate surface area is 51.8 Å². The Bertz CT molecular complexity index is 193. The Morgan fingerprint density at radius 2 is 2.67 bits per heavy atom. The maximum absolute atomic E-state index is 10.6. The molecule has 0 unspecified atom stereocenters. The van der Waals surface area contributed by atoms with E-state index in [9.17, 15) is 4.79 Å². The van der Waals surface area contributed by atoms with Crippen LogP contribution in [0.4, 0.5) is 0 Å². The van der Waals surface area contributed by atoms with Gasteiger partial charge < -0.3 is 4.52 Å². The van der Waals surface area contributed by atoms with Crippen molar-refractivity contribution in [2.24, 2.45) is 0 Å². The van der Waals surface area contributed by atoms with Crippen LogP contribution in [0.3, 0.4) is 0 Å². The van der Waals surface area contributed by atoms with Gasteiger partial charge in [0, 0.05) is 13.1 Å². The van der Waals surface area contributed by atoms with Crippen LogP contribution < -0.4 is 5.32 Å². The number of nitrogens with zero attached hydrogens (tertiary/aromatic N) is 2. The summed E-state index contributed by atoms with van der Waals surface area (Å²) in [6, 6.07) is 1.47. The third kappa shape index (κ3) is 1.07. The van der Waals surface area contributed by atoms with Crippen molar-refractivity contribution in [2.75, 3.05) is 7.05 Å². The van der Waals surface area contributed by atoms with Crippen LogP contribution in [-0.4, -0.2) is 18.1 Å². The quantitative estimate of drug-likeness (QED) is 0.532. The minimum atomic E-state index is -0.358. The molecule has 0 saturated heterocycles. The molecule has 0 saturated carbocycles. The lowest BCUT2D eigenvalue weighted by atomic mass is 10.4. The molecule has 1 heterocycles. The molecule has 0 aliphatic carbocycles. The SMILES string of the molecule is C[N]C(=O)c1ccon1. The van der Waals surface area contributed by atoms with Crippen molar-refractivity contribution in [3.05, 3.63) is 18.0 Å². The van der Waals surface area contributed by atoms with E-state index in [0.717, 1.165) is 0 Å². The van der Waals surface area contributed by atoms with Crippen LogP contribution in [0, 0.1) is 0 Å². The first-order valence-electron chi connectivity index (χ1n) is 2.39. The molecule has 1 aromatic rings. The third-order valence-electron chi connectivity index (χ3n) is 0.860. The molecule has 0 bridgehead atoms. The summed E-state index contributed by atoms with van der Waals surface area (Å²) >= 11 is 0. The predicted octanol–water partition coefficient (Wildman–Crippen LogP) is 0.0490. The van der Waals surface area contributed by atoms with Crippen LogP contribution in [-0.2, 0) is 0 Å². The summed E-state index contributed by atoms with van der Waals surface area (Å²) in [6.45, 7) is 0. The van der Waals surface area contributed by atoms with Gasteiger partial charge in [0.2, 0.25) is 0 Å². The third-order valence-corrected chi connectivity index (χ3v) is 0.860. The molecule has 4 heteroatoms. The Hall–Kier alpha value is -1.32. The zero-order valence-corrected chi connectivity index (χ0v) is 4.87. The topological polar surface area (TPSA) is 57.2 Å². The van der Waals surface area contributed by atoms with Gasteiger partial charge in [0.15, 0.2) is 5.69 Å². The predicted molar refractivity (Wildman–Crippen MR) is 28.9 cm³/mol. The van der Waals surface area contributed by atoms with Crippen LogP contribution in [0.25, 0.3) is 0 Å². The fourth-order valence-electron chi connectivity index (χ4n) is 0.437. The van der Waals surface area contributed by atoms with Gasteiger partial charge in [-0.3, -0.25) is 4.79 Å². The van der Waals surface area contributed by atoms with Gasteiger partial charge in [-0.1, -0.05) is 5.16 Å². The number of hydrogen-bond acceptors (Lipinski definition) is 3. The molecule has 1 rings (SSSR count). The van der Waals surface area contributed by atoms with E-state index in [4.69, 9.17) is 0 Å². The standard InChI is InChI=1S/C5H5N2O2/c1-6-5(8)4-2-3-9-7-4/h2-3H,1H3. The van der Waals surface area contributed by atoms with E-state index < -0.39 is 0 Å². The summed E-state index contributed by atoms with van der Waals surface area (Å²) in [5, 5.41) is 6.74. The first kappa shape index (κ1) is 5.81. The van der Waals surface area contributed by atoms with Gasteiger partial charge >= 0.3 is 0 Å². The summed E-state index contributed by atoms with van der Waals surface area (Å²) in [5.74, 6) is -0.358. The molecule has 0 fully saturated rings. The lowest BCUT2D eigenvalue weighted by Gasteiger charge is -1.84. The van der Waals surface area contributed by atoms with Gasteiger partial charge in [0.1, 0.15) is 6.26 Å². The van der Waals surface area contributed by atoms with Gasteiger partial charge in [-0.2, -0.15) is 0 Å². The van der Waals surface area contributed by atoms with Crippen molar-refractivity contribution in [3.8, 4) is 0 Å². The molecule has 0 spiro atoms. The van der Waals surface area contributed by atoms with E-state index >= 15 is 0 Å². The van der Waals surface area contributed by atoms with E-state index in [-0.39, 0.29) is 11.6 Å². The second kappa shape index (κ2) is 2.30. The molecule has 1 radical (unpaired) electrons. The second-order valence-corrected chi connectivity index (χ2v) is 1.41. The molecule has 1 aromatic heterocycles. The number of amides is 1. The molecule has 0 aliphatic rings. The zero-order valence-electron chi connectivity index (χ0n) is 4.87. The van der Waals surface area contributed by atoms with Crippen LogP contribution in [0.1, 0.15) is 10.5 Å². The number of rotatable bonds is 1. The number of carbonyl (C=O) groups is 1. The van der Waals surface area contributed by atoms with Crippen molar-refractivity contribution >= 4 is 5.91 Å². The smallest absolute Gasteiger partial charge is 0.294 e. The zero-order chi connectivity index (χ0) is 6.69. The molecular formula is C5H5N2O2. The summed E-state index contributed by atoms with van der Waals surface area (Å²) in [7, 11) is 1.41. The van der Waals surface area contributed by atoms with Gasteiger partial charge in [-0.25, -0.2) is 5.32 Å². The Morgan fingerprint density at radius 1 is 1.89 bits per heavy atom. The largest absolute Gasteiger partial charge is 0.364 e. The number of carbonyl (C=O) groups excluding carboxylic acids is 1. The molecule has 0 aromatic carbocycles. The molecule has 47 valence electrons. The molecule has 9 heavy (non-hydrogen) atoms. The van der Waals surface area contributed by atoms with Crippen molar-refractivity contribution < 1.29 is 9.32 Å². The van der Waals surface area contributed by atoms with Gasteiger partial charge in [-0.05, 0) is 0 Å². The molecular weight excluding hydrogens is 120 g/mol. The first-order valence-corrected chi connectivity index (χ1v) is 2.39. The van der Waals surface area contributed by atoms with Crippen LogP contribution in [0.15, 0.2) is 16.9 Å². The lowest BCUT2D eigenvalue weighted by molar-refractivity contribution is 0.0950. The molecule has 1 amide bonds. The normalized spacial score (nSPS) is 9.00.